The van der Waals surface area contributed by atoms with E-state index in [2.05, 4.69) is 5.32 Å². The predicted octanol–water partition coefficient (Wildman–Crippen LogP) is 2.15. The summed E-state index contributed by atoms with van der Waals surface area (Å²) < 4.78 is 29.1. The molecule has 1 aliphatic rings. The SMILES string of the molecule is NS(=O)(=O)C1C=CC=CC1NC(=O)c1cccc(OCc2ccccc2)c1. The zero-order valence-corrected chi connectivity index (χ0v) is 15.3. The number of hydrogen-bond acceptors (Lipinski definition) is 4. The highest BCUT2D eigenvalue weighted by Gasteiger charge is 2.29. The van der Waals surface area contributed by atoms with Gasteiger partial charge >= 0.3 is 0 Å². The zero-order chi connectivity index (χ0) is 19.3. The Bertz CT molecular complexity index is 968. The number of amides is 1. The first-order chi connectivity index (χ1) is 12.9. The fourth-order valence-electron chi connectivity index (χ4n) is 2.73. The summed E-state index contributed by atoms with van der Waals surface area (Å²) in [4.78, 5) is 12.6. The van der Waals surface area contributed by atoms with Crippen molar-refractivity contribution in [1.82, 2.24) is 5.32 Å². The van der Waals surface area contributed by atoms with Gasteiger partial charge < -0.3 is 10.1 Å². The fraction of sp³-hybridized carbons (Fsp3) is 0.150. The number of primary sulfonamides is 1. The second-order valence-electron chi connectivity index (χ2n) is 6.12. The molecule has 27 heavy (non-hydrogen) atoms. The normalized spacial score (nSPS) is 18.9. The quantitative estimate of drug-likeness (QED) is 0.797. The molecule has 0 heterocycles. The van der Waals surface area contributed by atoms with E-state index < -0.39 is 27.2 Å². The summed E-state index contributed by atoms with van der Waals surface area (Å²) in [5, 5.41) is 6.95. The third kappa shape index (κ3) is 5.06. The molecule has 1 aliphatic carbocycles. The lowest BCUT2D eigenvalue weighted by atomic mass is 10.1. The molecule has 1 amide bonds. The minimum absolute atomic E-state index is 0.372. The Hall–Kier alpha value is -2.90. The van der Waals surface area contributed by atoms with Crippen molar-refractivity contribution in [2.45, 2.75) is 17.9 Å². The van der Waals surface area contributed by atoms with Crippen molar-refractivity contribution < 1.29 is 17.9 Å². The third-order valence-corrected chi connectivity index (χ3v) is 5.32. The molecule has 0 aliphatic heterocycles. The molecule has 7 heteroatoms. The molecule has 0 fully saturated rings. The van der Waals surface area contributed by atoms with Gasteiger partial charge in [0.05, 0.1) is 6.04 Å². The van der Waals surface area contributed by atoms with Crippen molar-refractivity contribution >= 4 is 15.9 Å². The Morgan fingerprint density at radius 3 is 2.52 bits per heavy atom. The topological polar surface area (TPSA) is 98.5 Å². The minimum Gasteiger partial charge on any atom is -0.489 e. The summed E-state index contributed by atoms with van der Waals surface area (Å²) in [5.74, 6) is 0.146. The van der Waals surface area contributed by atoms with Gasteiger partial charge in [0.2, 0.25) is 10.0 Å². The van der Waals surface area contributed by atoms with Crippen LogP contribution in [0, 0.1) is 0 Å². The summed E-state index contributed by atoms with van der Waals surface area (Å²) in [6.07, 6.45) is 6.32. The van der Waals surface area contributed by atoms with Crippen molar-refractivity contribution in [3.63, 3.8) is 0 Å². The monoisotopic (exact) mass is 384 g/mol. The van der Waals surface area contributed by atoms with Gasteiger partial charge in [-0.25, -0.2) is 13.6 Å². The van der Waals surface area contributed by atoms with E-state index in [1.807, 2.05) is 30.3 Å². The van der Waals surface area contributed by atoms with Gasteiger partial charge in [0.15, 0.2) is 0 Å². The van der Waals surface area contributed by atoms with Crippen LogP contribution in [0.4, 0.5) is 0 Å². The highest BCUT2D eigenvalue weighted by Crippen LogP contribution is 2.17. The fourth-order valence-corrected chi connectivity index (χ4v) is 3.61. The summed E-state index contributed by atoms with van der Waals surface area (Å²) in [7, 11) is -3.83. The van der Waals surface area contributed by atoms with E-state index in [1.165, 1.54) is 6.08 Å². The third-order valence-electron chi connectivity index (χ3n) is 4.11. The molecule has 0 aromatic heterocycles. The van der Waals surface area contributed by atoms with E-state index in [9.17, 15) is 13.2 Å². The van der Waals surface area contributed by atoms with Gasteiger partial charge in [-0.15, -0.1) is 0 Å². The van der Waals surface area contributed by atoms with Crippen molar-refractivity contribution in [3.05, 3.63) is 90.0 Å². The van der Waals surface area contributed by atoms with Gasteiger partial charge in [-0.05, 0) is 23.8 Å². The molecule has 6 nitrogen and oxygen atoms in total. The highest BCUT2D eigenvalue weighted by molar-refractivity contribution is 7.90. The van der Waals surface area contributed by atoms with Crippen LogP contribution in [0.1, 0.15) is 15.9 Å². The van der Waals surface area contributed by atoms with Gasteiger partial charge in [-0.3, -0.25) is 4.79 Å². The molecule has 140 valence electrons. The number of carbonyl (C=O) groups is 1. The average molecular weight is 384 g/mol. The molecule has 0 saturated heterocycles. The van der Waals surface area contributed by atoms with E-state index in [1.54, 1.807) is 42.5 Å². The van der Waals surface area contributed by atoms with Crippen molar-refractivity contribution in [2.24, 2.45) is 5.14 Å². The Balaban J connectivity index is 1.68. The van der Waals surface area contributed by atoms with Gasteiger partial charge in [0.25, 0.3) is 5.91 Å². The maximum absolute atomic E-state index is 12.6. The Morgan fingerprint density at radius 2 is 1.78 bits per heavy atom. The predicted molar refractivity (Wildman–Crippen MR) is 104 cm³/mol. The lowest BCUT2D eigenvalue weighted by Gasteiger charge is -2.23. The summed E-state index contributed by atoms with van der Waals surface area (Å²) in [5.41, 5.74) is 1.39. The maximum atomic E-state index is 12.6. The standard InChI is InChI=1S/C20H20N2O4S/c21-27(24,25)19-12-5-4-11-18(19)22-20(23)16-9-6-10-17(13-16)26-14-15-7-2-1-3-8-15/h1-13,18-19H,14H2,(H,22,23)(H2,21,24,25). The lowest BCUT2D eigenvalue weighted by Crippen LogP contribution is -2.47. The van der Waals surface area contributed by atoms with E-state index >= 15 is 0 Å². The van der Waals surface area contributed by atoms with E-state index in [4.69, 9.17) is 9.88 Å². The second kappa shape index (κ2) is 8.20. The van der Waals surface area contributed by atoms with Crippen LogP contribution in [0.2, 0.25) is 0 Å². The number of sulfonamides is 1. The van der Waals surface area contributed by atoms with Gasteiger partial charge in [0, 0.05) is 5.56 Å². The number of hydrogen-bond donors (Lipinski definition) is 2. The molecule has 2 aromatic carbocycles. The number of carbonyl (C=O) groups excluding carboxylic acids is 1. The van der Waals surface area contributed by atoms with E-state index in [0.717, 1.165) is 5.56 Å². The molecule has 3 N–H and O–H groups in total. The zero-order valence-electron chi connectivity index (χ0n) is 14.5. The van der Waals surface area contributed by atoms with Crippen LogP contribution in [0.25, 0.3) is 0 Å². The molecule has 3 rings (SSSR count). The van der Waals surface area contributed by atoms with Crippen molar-refractivity contribution in [3.8, 4) is 5.75 Å². The summed E-state index contributed by atoms with van der Waals surface area (Å²) in [6.45, 7) is 0.384. The molecule has 0 bridgehead atoms. The van der Waals surface area contributed by atoms with Crippen LogP contribution >= 0.6 is 0 Å². The minimum atomic E-state index is -3.83. The number of ether oxygens (including phenoxy) is 1. The second-order valence-corrected chi connectivity index (χ2v) is 7.85. The number of nitrogens with two attached hydrogens (primary N) is 1. The molecular weight excluding hydrogens is 364 g/mol. The molecule has 0 saturated carbocycles. The van der Waals surface area contributed by atoms with Crippen LogP contribution < -0.4 is 15.2 Å². The Kier molecular flexibility index (Phi) is 5.73. The van der Waals surface area contributed by atoms with Crippen molar-refractivity contribution in [2.75, 3.05) is 0 Å². The van der Waals surface area contributed by atoms with Crippen LogP contribution in [0.3, 0.4) is 0 Å². The molecular formula is C20H20N2O4S. The smallest absolute Gasteiger partial charge is 0.251 e. The number of nitrogens with one attached hydrogen (secondary N) is 1. The van der Waals surface area contributed by atoms with E-state index in [0.29, 0.717) is 17.9 Å². The lowest BCUT2D eigenvalue weighted by molar-refractivity contribution is 0.0944. The summed E-state index contributed by atoms with van der Waals surface area (Å²) in [6, 6.07) is 15.7. The van der Waals surface area contributed by atoms with Crippen molar-refractivity contribution in [1.29, 1.82) is 0 Å². The molecule has 2 unspecified atom stereocenters. The van der Waals surface area contributed by atoms with E-state index in [-0.39, 0.29) is 0 Å². The first kappa shape index (κ1) is 18.9. The number of rotatable bonds is 6. The molecule has 0 radical (unpaired) electrons. The Morgan fingerprint density at radius 1 is 1.04 bits per heavy atom. The largest absolute Gasteiger partial charge is 0.489 e. The first-order valence-corrected chi connectivity index (χ1v) is 9.99. The molecule has 0 spiro atoms. The summed E-state index contributed by atoms with van der Waals surface area (Å²) >= 11 is 0. The van der Waals surface area contributed by atoms with Crippen LogP contribution in [0.5, 0.6) is 5.75 Å². The van der Waals surface area contributed by atoms with Gasteiger partial charge in [-0.1, -0.05) is 60.7 Å². The molecule has 2 atom stereocenters. The highest BCUT2D eigenvalue weighted by atomic mass is 32.2. The number of allylic oxidation sites excluding steroid dienone is 2. The number of benzene rings is 2. The average Bonchev–Trinajstić information content (AvgIpc) is 2.67. The van der Waals surface area contributed by atoms with Crippen LogP contribution in [0.15, 0.2) is 78.9 Å². The van der Waals surface area contributed by atoms with Gasteiger partial charge in [-0.2, -0.15) is 0 Å². The maximum Gasteiger partial charge on any atom is 0.251 e. The van der Waals surface area contributed by atoms with Gasteiger partial charge in [0.1, 0.15) is 17.6 Å². The van der Waals surface area contributed by atoms with Crippen LogP contribution in [-0.4, -0.2) is 25.6 Å². The first-order valence-electron chi connectivity index (χ1n) is 8.38. The Labute approximate surface area is 158 Å². The van der Waals surface area contributed by atoms with Crippen LogP contribution in [-0.2, 0) is 16.6 Å². The molecule has 2 aromatic rings.